The molecule has 2 heterocycles. The van der Waals surface area contributed by atoms with Crippen molar-refractivity contribution in [3.63, 3.8) is 0 Å². The third kappa shape index (κ3) is 4.42. The van der Waals surface area contributed by atoms with Crippen LogP contribution in [0.25, 0.3) is 16.0 Å². The third-order valence-corrected chi connectivity index (χ3v) is 6.76. The second kappa shape index (κ2) is 9.21. The zero-order valence-corrected chi connectivity index (χ0v) is 19.3. The number of hydrogen-bond acceptors (Lipinski definition) is 5. The van der Waals surface area contributed by atoms with Crippen molar-refractivity contribution in [3.05, 3.63) is 74.6 Å². The van der Waals surface area contributed by atoms with Gasteiger partial charge in [0.05, 0.1) is 12.6 Å². The van der Waals surface area contributed by atoms with E-state index in [-0.39, 0.29) is 6.61 Å². The Kier molecular flexibility index (Phi) is 6.35. The Bertz CT molecular complexity index is 1290. The minimum atomic E-state index is -0.631. The van der Waals surface area contributed by atoms with Gasteiger partial charge >= 0.3 is 6.03 Å². The van der Waals surface area contributed by atoms with E-state index >= 15 is 0 Å². The van der Waals surface area contributed by atoms with Gasteiger partial charge in [-0.1, -0.05) is 29.8 Å². The van der Waals surface area contributed by atoms with Crippen molar-refractivity contribution in [1.82, 2.24) is 14.9 Å². The fourth-order valence-corrected chi connectivity index (χ4v) is 4.50. The molecule has 0 spiro atoms. The van der Waals surface area contributed by atoms with Gasteiger partial charge < -0.3 is 14.9 Å². The summed E-state index contributed by atoms with van der Waals surface area (Å²) in [5.74, 6) is 2.78. The molecule has 4 rings (SSSR count). The smallest absolute Gasteiger partial charge is 0.323 e. The van der Waals surface area contributed by atoms with Crippen LogP contribution in [0, 0.1) is 18.9 Å². The summed E-state index contributed by atoms with van der Waals surface area (Å²) in [7, 11) is 1.58. The Hall–Kier alpha value is -3.43. The summed E-state index contributed by atoms with van der Waals surface area (Å²) < 4.78 is 0. The molecule has 33 heavy (non-hydrogen) atoms. The number of carbonyl (C=O) groups excluding carboxylic acids is 1. The van der Waals surface area contributed by atoms with Crippen LogP contribution in [-0.2, 0) is 5.54 Å². The van der Waals surface area contributed by atoms with Crippen molar-refractivity contribution < 1.29 is 9.90 Å². The number of nitrogens with one attached hydrogen (secondary N) is 1. The molecule has 2 N–H and O–H groups in total. The molecule has 1 saturated carbocycles. The molecule has 2 aromatic heterocycles. The summed E-state index contributed by atoms with van der Waals surface area (Å²) in [6, 6.07) is 8.05. The van der Waals surface area contributed by atoms with Crippen LogP contribution in [-0.4, -0.2) is 39.7 Å². The maximum absolute atomic E-state index is 12.7. The quantitative estimate of drug-likeness (QED) is 0.389. The number of rotatable bonds is 6. The molecule has 7 nitrogen and oxygen atoms in total. The number of pyridine rings is 1. The first-order valence-corrected chi connectivity index (χ1v) is 11.4. The molecule has 0 bridgehead atoms. The summed E-state index contributed by atoms with van der Waals surface area (Å²) in [4.78, 5) is 26.5. The van der Waals surface area contributed by atoms with Crippen molar-refractivity contribution in [1.29, 1.82) is 0 Å². The second-order valence-corrected chi connectivity index (χ2v) is 8.97. The standard InChI is InChI=1S/C24H20ClN5O2S/c1-4-21-28-20(14-33-21)29-23(32)30(3)19(13-31)15-7-8-16(18(25)12-15)17-6-5-11-27-22(17)24(26-2)9-10-24/h1,5-8,11-12,14,19,31H,9-10,13H2,3H3,(H,29,32)/t19-/m0/s1. The van der Waals surface area contributed by atoms with E-state index in [0.29, 0.717) is 21.4 Å². The maximum Gasteiger partial charge on any atom is 0.323 e. The highest BCUT2D eigenvalue weighted by Gasteiger charge is 2.55. The van der Waals surface area contributed by atoms with E-state index in [1.165, 1.54) is 16.2 Å². The predicted octanol–water partition coefficient (Wildman–Crippen LogP) is 4.95. The van der Waals surface area contributed by atoms with E-state index in [4.69, 9.17) is 24.6 Å². The molecule has 2 amide bonds. The largest absolute Gasteiger partial charge is 0.394 e. The highest BCUT2D eigenvalue weighted by molar-refractivity contribution is 7.10. The van der Waals surface area contributed by atoms with E-state index in [1.807, 2.05) is 24.3 Å². The topological polar surface area (TPSA) is 82.7 Å². The van der Waals surface area contributed by atoms with Gasteiger partial charge in [0.1, 0.15) is 11.5 Å². The van der Waals surface area contributed by atoms with E-state index in [2.05, 4.69) is 26.1 Å². The van der Waals surface area contributed by atoms with Crippen LogP contribution >= 0.6 is 22.9 Å². The summed E-state index contributed by atoms with van der Waals surface area (Å²) in [6.07, 6.45) is 8.58. The maximum atomic E-state index is 12.7. The summed E-state index contributed by atoms with van der Waals surface area (Å²) >= 11 is 7.90. The van der Waals surface area contributed by atoms with Crippen molar-refractivity contribution in [2.45, 2.75) is 24.4 Å². The van der Waals surface area contributed by atoms with Crippen LogP contribution < -0.4 is 5.32 Å². The molecule has 1 fully saturated rings. The number of nitrogens with zero attached hydrogens (tertiary/aromatic N) is 4. The van der Waals surface area contributed by atoms with E-state index in [9.17, 15) is 9.90 Å². The monoisotopic (exact) mass is 477 g/mol. The lowest BCUT2D eigenvalue weighted by Gasteiger charge is -2.27. The first-order chi connectivity index (χ1) is 15.9. The number of amides is 2. The zero-order chi connectivity index (χ0) is 23.6. The third-order valence-electron chi connectivity index (χ3n) is 5.68. The molecule has 1 aliphatic carbocycles. The van der Waals surface area contributed by atoms with Crippen LogP contribution in [0.3, 0.4) is 0 Å². The number of thiazole rings is 1. The molecule has 1 aliphatic rings. The summed E-state index contributed by atoms with van der Waals surface area (Å²) in [6.45, 7) is 7.28. The Balaban J connectivity index is 1.59. The molecule has 9 heteroatoms. The Morgan fingerprint density at radius 3 is 2.85 bits per heavy atom. The van der Waals surface area contributed by atoms with Gasteiger partial charge in [-0.3, -0.25) is 10.3 Å². The Morgan fingerprint density at radius 2 is 2.24 bits per heavy atom. The summed E-state index contributed by atoms with van der Waals surface area (Å²) in [5.41, 5.74) is 2.41. The molecule has 0 saturated heterocycles. The lowest BCUT2D eigenvalue weighted by atomic mass is 9.96. The Labute approximate surface area is 200 Å². The van der Waals surface area contributed by atoms with Crippen LogP contribution in [0.4, 0.5) is 10.6 Å². The molecular formula is C24H20ClN5O2S. The van der Waals surface area contributed by atoms with E-state index < -0.39 is 17.6 Å². The number of terminal acetylenes is 1. The van der Waals surface area contributed by atoms with Crippen LogP contribution in [0.15, 0.2) is 41.9 Å². The summed E-state index contributed by atoms with van der Waals surface area (Å²) in [5, 5.41) is 15.3. The van der Waals surface area contributed by atoms with Gasteiger partial charge in [-0.15, -0.1) is 17.8 Å². The average molecular weight is 478 g/mol. The zero-order valence-electron chi connectivity index (χ0n) is 17.7. The first kappa shape index (κ1) is 22.8. The van der Waals surface area contributed by atoms with Gasteiger partial charge in [0, 0.05) is 47.6 Å². The highest BCUT2D eigenvalue weighted by atomic mass is 35.5. The minimum Gasteiger partial charge on any atom is -0.394 e. The van der Waals surface area contributed by atoms with Crippen LogP contribution in [0.1, 0.15) is 35.1 Å². The number of carbonyl (C=O) groups is 1. The van der Waals surface area contributed by atoms with Crippen LogP contribution in [0.5, 0.6) is 0 Å². The van der Waals surface area contributed by atoms with Crippen molar-refractivity contribution in [3.8, 4) is 23.5 Å². The number of urea groups is 1. The van der Waals surface area contributed by atoms with Crippen molar-refractivity contribution in [2.75, 3.05) is 19.0 Å². The molecule has 0 aliphatic heterocycles. The molecule has 1 aromatic carbocycles. The van der Waals surface area contributed by atoms with Gasteiger partial charge in [-0.2, -0.15) is 0 Å². The SMILES string of the molecule is [C-]#[N+]C1(c2ncccc2-c2ccc([C@H](CO)N(C)C(=O)Nc3csc(C#C)n3)cc2Cl)CC1. The van der Waals surface area contributed by atoms with E-state index in [1.54, 1.807) is 24.7 Å². The molecule has 0 radical (unpaired) electrons. The van der Waals surface area contributed by atoms with Gasteiger partial charge in [0.15, 0.2) is 5.01 Å². The highest BCUT2D eigenvalue weighted by Crippen LogP contribution is 2.52. The number of anilines is 1. The fourth-order valence-electron chi connectivity index (χ4n) is 3.66. The molecular weight excluding hydrogens is 458 g/mol. The molecule has 0 unspecified atom stereocenters. The number of benzene rings is 1. The predicted molar refractivity (Wildman–Crippen MR) is 129 cm³/mol. The first-order valence-electron chi connectivity index (χ1n) is 10.1. The minimum absolute atomic E-state index is 0.300. The lowest BCUT2D eigenvalue weighted by Crippen LogP contribution is -2.36. The van der Waals surface area contributed by atoms with Gasteiger partial charge in [0.2, 0.25) is 0 Å². The number of aliphatic hydroxyl groups is 1. The van der Waals surface area contributed by atoms with E-state index in [0.717, 1.165) is 29.7 Å². The van der Waals surface area contributed by atoms with Crippen molar-refractivity contribution >= 4 is 34.8 Å². The van der Waals surface area contributed by atoms with Crippen LogP contribution in [0.2, 0.25) is 5.02 Å². The average Bonchev–Trinajstić information content (AvgIpc) is 3.50. The number of hydrogen-bond donors (Lipinski definition) is 2. The molecule has 1 atom stereocenters. The second-order valence-electron chi connectivity index (χ2n) is 7.70. The number of likely N-dealkylation sites (N-methyl/N-ethyl adjacent to an activating group) is 1. The normalized spacial score (nSPS) is 14.6. The Morgan fingerprint density at radius 1 is 1.45 bits per heavy atom. The number of halogens is 1. The molecule has 166 valence electrons. The number of aromatic nitrogens is 2. The molecule has 3 aromatic rings. The van der Waals surface area contributed by atoms with Gasteiger partial charge in [0.25, 0.3) is 5.54 Å². The van der Waals surface area contributed by atoms with Crippen molar-refractivity contribution in [2.24, 2.45) is 0 Å². The van der Waals surface area contributed by atoms with Gasteiger partial charge in [-0.05, 0) is 23.6 Å². The fraction of sp³-hybridized carbons (Fsp3) is 0.250. The number of aliphatic hydroxyl groups excluding tert-OH is 1. The lowest BCUT2D eigenvalue weighted by molar-refractivity contribution is 0.159. The van der Waals surface area contributed by atoms with Gasteiger partial charge in [-0.25, -0.2) is 16.4 Å².